The number of benzene rings is 1. The summed E-state index contributed by atoms with van der Waals surface area (Å²) in [6, 6.07) is 9.49. The third-order valence-electron chi connectivity index (χ3n) is 6.72. The Morgan fingerprint density at radius 3 is 2.64 bits per heavy atom. The van der Waals surface area contributed by atoms with E-state index >= 15 is 0 Å². The molecule has 0 radical (unpaired) electrons. The maximum absolute atomic E-state index is 13.5. The van der Waals surface area contributed by atoms with Crippen LogP contribution >= 0.6 is 11.3 Å². The number of ether oxygens (including phenoxy) is 2. The van der Waals surface area contributed by atoms with E-state index in [4.69, 9.17) is 9.47 Å². The Bertz CT molecular complexity index is 953. The molecule has 1 aromatic carbocycles. The molecule has 1 aliphatic heterocycles. The van der Waals surface area contributed by atoms with Crippen LogP contribution in [0.2, 0.25) is 0 Å². The van der Waals surface area contributed by atoms with Gasteiger partial charge >= 0.3 is 0 Å². The molecule has 2 aliphatic rings. The van der Waals surface area contributed by atoms with Gasteiger partial charge in [-0.1, -0.05) is 31.9 Å². The zero-order valence-corrected chi connectivity index (χ0v) is 20.4. The zero-order chi connectivity index (χ0) is 23.2. The van der Waals surface area contributed by atoms with Crippen LogP contribution in [0.15, 0.2) is 35.7 Å². The number of methoxy groups -OCH3 is 1. The quantitative estimate of drug-likeness (QED) is 0.534. The summed E-state index contributed by atoms with van der Waals surface area (Å²) in [7, 11) is 1.62. The lowest BCUT2D eigenvalue weighted by atomic mass is 10.00. The van der Waals surface area contributed by atoms with E-state index in [1.54, 1.807) is 23.3 Å². The normalized spacial score (nSPS) is 18.1. The minimum atomic E-state index is -0.178. The number of fused-ring (bicyclic) bond motifs is 1. The Labute approximate surface area is 200 Å². The number of thiophene rings is 1. The number of rotatable bonds is 9. The molecule has 2 amide bonds. The Morgan fingerprint density at radius 2 is 1.91 bits per heavy atom. The van der Waals surface area contributed by atoms with Gasteiger partial charge in [0, 0.05) is 23.9 Å². The second-order valence-corrected chi connectivity index (χ2v) is 9.86. The van der Waals surface area contributed by atoms with Crippen molar-refractivity contribution in [2.24, 2.45) is 5.92 Å². The smallest absolute Gasteiger partial charge is 0.242 e. The van der Waals surface area contributed by atoms with Crippen LogP contribution in [0, 0.1) is 5.92 Å². The van der Waals surface area contributed by atoms with E-state index in [-0.39, 0.29) is 30.3 Å². The first kappa shape index (κ1) is 23.6. The Morgan fingerprint density at radius 1 is 1.15 bits per heavy atom. The number of carbonyl (C=O) groups is 2. The first-order valence-corrected chi connectivity index (χ1v) is 12.9. The molecule has 0 unspecified atom stereocenters. The number of amides is 2. The minimum Gasteiger partial charge on any atom is -0.493 e. The van der Waals surface area contributed by atoms with Crippen LogP contribution in [0.25, 0.3) is 0 Å². The standard InChI is InChI=1S/C26H34N2O4S/c1-3-14-27(26(30)19-8-4-5-9-19)17-25(29)28-15-12-24-20(13-16-33-24)21(28)18-32-23-11-7-6-10-22(23)31-2/h6-7,10-11,13,16,19,21H,3-5,8-9,12,14-15,17-18H2,1-2H3/t21-/m1/s1. The molecule has 1 atom stereocenters. The molecular formula is C26H34N2O4S. The van der Waals surface area contributed by atoms with Crippen molar-refractivity contribution in [2.75, 3.05) is 33.4 Å². The van der Waals surface area contributed by atoms with Gasteiger partial charge in [-0.2, -0.15) is 0 Å². The summed E-state index contributed by atoms with van der Waals surface area (Å²) in [5, 5.41) is 2.09. The number of para-hydroxylation sites is 2. The zero-order valence-electron chi connectivity index (χ0n) is 19.6. The summed E-state index contributed by atoms with van der Waals surface area (Å²) in [5.41, 5.74) is 1.15. The molecule has 1 saturated carbocycles. The number of nitrogens with zero attached hydrogens (tertiary/aromatic N) is 2. The van der Waals surface area contributed by atoms with Gasteiger partial charge in [-0.3, -0.25) is 9.59 Å². The topological polar surface area (TPSA) is 59.1 Å². The van der Waals surface area contributed by atoms with Crippen LogP contribution in [0.4, 0.5) is 0 Å². The maximum atomic E-state index is 13.5. The minimum absolute atomic E-state index is 0.000253. The number of hydrogen-bond acceptors (Lipinski definition) is 5. The largest absolute Gasteiger partial charge is 0.493 e. The lowest BCUT2D eigenvalue weighted by molar-refractivity contribution is -0.144. The number of hydrogen-bond donors (Lipinski definition) is 0. The molecule has 0 N–H and O–H groups in total. The van der Waals surface area contributed by atoms with Gasteiger partial charge in [-0.05, 0) is 54.8 Å². The highest BCUT2D eigenvalue weighted by Crippen LogP contribution is 2.35. The molecule has 2 aromatic rings. The molecule has 1 aliphatic carbocycles. The molecule has 33 heavy (non-hydrogen) atoms. The predicted molar refractivity (Wildman–Crippen MR) is 130 cm³/mol. The molecule has 2 heterocycles. The number of carbonyl (C=O) groups excluding carboxylic acids is 2. The van der Waals surface area contributed by atoms with E-state index in [0.717, 1.165) is 44.1 Å². The summed E-state index contributed by atoms with van der Waals surface area (Å²) >= 11 is 1.73. The summed E-state index contributed by atoms with van der Waals surface area (Å²) in [6.07, 6.45) is 5.81. The van der Waals surface area contributed by atoms with Gasteiger partial charge < -0.3 is 19.3 Å². The van der Waals surface area contributed by atoms with Crippen LogP contribution in [-0.4, -0.2) is 55.0 Å². The SMILES string of the molecule is CCCN(CC(=O)N1CCc2sccc2[C@H]1COc1ccccc1OC)C(=O)C1CCCC1. The van der Waals surface area contributed by atoms with Gasteiger partial charge in [0.2, 0.25) is 11.8 Å². The molecule has 4 rings (SSSR count). The Balaban J connectivity index is 1.50. The van der Waals surface area contributed by atoms with E-state index in [0.29, 0.717) is 31.2 Å². The summed E-state index contributed by atoms with van der Waals surface area (Å²) in [4.78, 5) is 31.6. The van der Waals surface area contributed by atoms with E-state index in [2.05, 4.69) is 18.4 Å². The molecule has 178 valence electrons. The van der Waals surface area contributed by atoms with Crippen LogP contribution in [0.3, 0.4) is 0 Å². The maximum Gasteiger partial charge on any atom is 0.242 e. The first-order chi connectivity index (χ1) is 16.1. The average molecular weight is 471 g/mol. The van der Waals surface area contributed by atoms with Crippen LogP contribution in [-0.2, 0) is 16.0 Å². The molecule has 0 spiro atoms. The van der Waals surface area contributed by atoms with Crippen molar-refractivity contribution < 1.29 is 19.1 Å². The molecule has 0 saturated heterocycles. The van der Waals surface area contributed by atoms with Crippen molar-refractivity contribution in [1.29, 1.82) is 0 Å². The fraction of sp³-hybridized carbons (Fsp3) is 0.538. The molecule has 1 aromatic heterocycles. The Kier molecular flexibility index (Phi) is 7.91. The summed E-state index contributed by atoms with van der Waals surface area (Å²) < 4.78 is 11.6. The second kappa shape index (κ2) is 11.1. The van der Waals surface area contributed by atoms with Crippen molar-refractivity contribution in [3.05, 3.63) is 46.2 Å². The summed E-state index contributed by atoms with van der Waals surface area (Å²) in [5.74, 6) is 1.57. The van der Waals surface area contributed by atoms with Crippen molar-refractivity contribution in [1.82, 2.24) is 9.80 Å². The predicted octanol–water partition coefficient (Wildman–Crippen LogP) is 4.69. The van der Waals surface area contributed by atoms with Crippen molar-refractivity contribution >= 4 is 23.2 Å². The molecule has 1 fully saturated rings. The monoisotopic (exact) mass is 470 g/mol. The first-order valence-electron chi connectivity index (χ1n) is 12.0. The van der Waals surface area contributed by atoms with E-state index < -0.39 is 0 Å². The highest BCUT2D eigenvalue weighted by molar-refractivity contribution is 7.10. The molecule has 7 heteroatoms. The van der Waals surface area contributed by atoms with Gasteiger partial charge in [-0.25, -0.2) is 0 Å². The van der Waals surface area contributed by atoms with Crippen LogP contribution < -0.4 is 9.47 Å². The van der Waals surface area contributed by atoms with E-state index in [1.807, 2.05) is 29.2 Å². The van der Waals surface area contributed by atoms with Crippen LogP contribution in [0.1, 0.15) is 55.5 Å². The van der Waals surface area contributed by atoms with E-state index in [1.165, 1.54) is 4.88 Å². The third kappa shape index (κ3) is 5.35. The van der Waals surface area contributed by atoms with Gasteiger partial charge in [-0.15, -0.1) is 11.3 Å². The molecular weight excluding hydrogens is 436 g/mol. The second-order valence-electron chi connectivity index (χ2n) is 8.86. The van der Waals surface area contributed by atoms with Gasteiger partial charge in [0.05, 0.1) is 19.7 Å². The van der Waals surface area contributed by atoms with Gasteiger partial charge in [0.15, 0.2) is 11.5 Å². The van der Waals surface area contributed by atoms with Crippen molar-refractivity contribution in [3.63, 3.8) is 0 Å². The van der Waals surface area contributed by atoms with Gasteiger partial charge in [0.25, 0.3) is 0 Å². The lowest BCUT2D eigenvalue weighted by Gasteiger charge is -2.37. The van der Waals surface area contributed by atoms with E-state index in [9.17, 15) is 9.59 Å². The fourth-order valence-corrected chi connectivity index (χ4v) is 5.93. The highest BCUT2D eigenvalue weighted by Gasteiger charge is 2.35. The highest BCUT2D eigenvalue weighted by atomic mass is 32.1. The fourth-order valence-electron chi connectivity index (χ4n) is 5.00. The van der Waals surface area contributed by atoms with Crippen LogP contribution in [0.5, 0.6) is 11.5 Å². The lowest BCUT2D eigenvalue weighted by Crippen LogP contribution is -2.48. The molecule has 0 bridgehead atoms. The average Bonchev–Trinajstić information content (AvgIpc) is 3.54. The van der Waals surface area contributed by atoms with Crippen molar-refractivity contribution in [3.8, 4) is 11.5 Å². The third-order valence-corrected chi connectivity index (χ3v) is 7.71. The Hall–Kier alpha value is -2.54. The van der Waals surface area contributed by atoms with Gasteiger partial charge in [0.1, 0.15) is 6.61 Å². The summed E-state index contributed by atoms with van der Waals surface area (Å²) in [6.45, 7) is 3.82. The van der Waals surface area contributed by atoms with Crippen molar-refractivity contribution in [2.45, 2.75) is 51.5 Å². The molecule has 6 nitrogen and oxygen atoms in total.